The van der Waals surface area contributed by atoms with Crippen molar-refractivity contribution in [3.63, 3.8) is 0 Å². The summed E-state index contributed by atoms with van der Waals surface area (Å²) in [5.41, 5.74) is 1.87. The van der Waals surface area contributed by atoms with E-state index in [1.165, 1.54) is 16.8 Å². The Morgan fingerprint density at radius 3 is 2.74 bits per heavy atom. The second-order valence-electron chi connectivity index (χ2n) is 6.84. The van der Waals surface area contributed by atoms with Gasteiger partial charge in [0.25, 0.3) is 11.6 Å². The first-order valence-electron chi connectivity index (χ1n) is 9.61. The zero-order valence-electron chi connectivity index (χ0n) is 16.7. The van der Waals surface area contributed by atoms with E-state index in [0.29, 0.717) is 35.9 Å². The van der Waals surface area contributed by atoms with Crippen molar-refractivity contribution in [3.8, 4) is 17.1 Å². The van der Waals surface area contributed by atoms with Gasteiger partial charge in [0.05, 0.1) is 10.6 Å². The van der Waals surface area contributed by atoms with E-state index in [9.17, 15) is 14.9 Å². The van der Waals surface area contributed by atoms with Crippen molar-refractivity contribution in [1.82, 2.24) is 20.1 Å². The van der Waals surface area contributed by atoms with Crippen LogP contribution >= 0.6 is 0 Å². The van der Waals surface area contributed by atoms with Crippen molar-refractivity contribution in [1.29, 1.82) is 0 Å². The lowest BCUT2D eigenvalue weighted by molar-refractivity contribution is -0.384. The SMILES string of the molecule is Cc1ccc(-c2cc(C(=O)NCCc3ccccn3)n(-c3cccc([N+](=O)[O-])c3)n2)o1. The Morgan fingerprint density at radius 1 is 1.16 bits per heavy atom. The smallest absolute Gasteiger partial charge is 0.271 e. The first kappa shape index (κ1) is 20.0. The minimum Gasteiger partial charge on any atom is -0.460 e. The van der Waals surface area contributed by atoms with Crippen LogP contribution < -0.4 is 5.32 Å². The number of carbonyl (C=O) groups is 1. The predicted octanol–water partition coefficient (Wildman–Crippen LogP) is 3.72. The van der Waals surface area contributed by atoms with E-state index in [0.717, 1.165) is 5.69 Å². The van der Waals surface area contributed by atoms with Crippen LogP contribution in [0.25, 0.3) is 17.1 Å². The maximum absolute atomic E-state index is 12.9. The zero-order valence-corrected chi connectivity index (χ0v) is 16.7. The van der Waals surface area contributed by atoms with Crippen molar-refractivity contribution in [2.24, 2.45) is 0 Å². The van der Waals surface area contributed by atoms with Gasteiger partial charge in [-0.15, -0.1) is 0 Å². The van der Waals surface area contributed by atoms with Crippen molar-refractivity contribution >= 4 is 11.6 Å². The molecular weight excluding hydrogens is 398 g/mol. The number of aryl methyl sites for hydroxylation is 1. The van der Waals surface area contributed by atoms with Crippen LogP contribution in [-0.4, -0.2) is 32.1 Å². The largest absolute Gasteiger partial charge is 0.460 e. The standard InChI is InChI=1S/C22H19N5O4/c1-15-8-9-21(31-15)19-14-20(22(28)24-12-10-16-5-2-3-11-23-16)26(25-19)17-6-4-7-18(13-17)27(29)30/h2-9,11,13-14H,10,12H2,1H3,(H,24,28). The van der Waals surface area contributed by atoms with Crippen LogP contribution in [0.4, 0.5) is 5.69 Å². The summed E-state index contributed by atoms with van der Waals surface area (Å²) in [6.45, 7) is 2.19. The van der Waals surface area contributed by atoms with E-state index in [1.807, 2.05) is 25.1 Å². The highest BCUT2D eigenvalue weighted by molar-refractivity contribution is 5.94. The fourth-order valence-corrected chi connectivity index (χ4v) is 3.11. The molecular formula is C22H19N5O4. The van der Waals surface area contributed by atoms with Crippen LogP contribution in [-0.2, 0) is 6.42 Å². The molecule has 0 unspecified atom stereocenters. The minimum atomic E-state index is -0.490. The number of pyridine rings is 1. The Morgan fingerprint density at radius 2 is 2.03 bits per heavy atom. The van der Waals surface area contributed by atoms with E-state index in [-0.39, 0.29) is 17.3 Å². The number of rotatable bonds is 7. The molecule has 0 saturated heterocycles. The third-order valence-corrected chi connectivity index (χ3v) is 4.61. The summed E-state index contributed by atoms with van der Waals surface area (Å²) >= 11 is 0. The van der Waals surface area contributed by atoms with Crippen LogP contribution in [0.3, 0.4) is 0 Å². The number of hydrogen-bond acceptors (Lipinski definition) is 6. The summed E-state index contributed by atoms with van der Waals surface area (Å²) in [5, 5.41) is 18.5. The molecule has 156 valence electrons. The van der Waals surface area contributed by atoms with Gasteiger partial charge in [0.1, 0.15) is 17.1 Å². The molecule has 0 aliphatic heterocycles. The highest BCUT2D eigenvalue weighted by atomic mass is 16.6. The molecule has 0 atom stereocenters. The Balaban J connectivity index is 1.64. The highest BCUT2D eigenvalue weighted by Crippen LogP contribution is 2.25. The molecule has 0 spiro atoms. The number of nitro groups is 1. The summed E-state index contributed by atoms with van der Waals surface area (Å²) in [4.78, 5) is 27.9. The van der Waals surface area contributed by atoms with Gasteiger partial charge >= 0.3 is 0 Å². The van der Waals surface area contributed by atoms with Gasteiger partial charge in [-0.25, -0.2) is 4.68 Å². The molecule has 1 aromatic carbocycles. The van der Waals surface area contributed by atoms with Gasteiger partial charge in [-0.2, -0.15) is 5.10 Å². The number of benzene rings is 1. The number of carbonyl (C=O) groups excluding carboxylic acids is 1. The molecule has 3 aromatic heterocycles. The zero-order chi connectivity index (χ0) is 21.8. The molecule has 9 nitrogen and oxygen atoms in total. The van der Waals surface area contributed by atoms with Crippen molar-refractivity contribution < 1.29 is 14.1 Å². The van der Waals surface area contributed by atoms with Crippen LogP contribution in [0.15, 0.2) is 71.3 Å². The van der Waals surface area contributed by atoms with Gasteiger partial charge in [0, 0.05) is 43.1 Å². The van der Waals surface area contributed by atoms with E-state index < -0.39 is 4.92 Å². The van der Waals surface area contributed by atoms with Gasteiger partial charge in [0.2, 0.25) is 0 Å². The summed E-state index contributed by atoms with van der Waals surface area (Å²) in [6.07, 6.45) is 2.27. The number of amides is 1. The molecule has 0 radical (unpaired) electrons. The van der Waals surface area contributed by atoms with Gasteiger partial charge in [-0.05, 0) is 37.3 Å². The number of hydrogen-bond donors (Lipinski definition) is 1. The number of nitrogens with one attached hydrogen (secondary N) is 1. The molecule has 0 saturated carbocycles. The van der Waals surface area contributed by atoms with Crippen molar-refractivity contribution in [2.75, 3.05) is 6.54 Å². The normalized spacial score (nSPS) is 10.7. The van der Waals surface area contributed by atoms with E-state index >= 15 is 0 Å². The quantitative estimate of drug-likeness (QED) is 0.362. The number of aromatic nitrogens is 3. The topological polar surface area (TPSA) is 116 Å². The fraction of sp³-hybridized carbons (Fsp3) is 0.136. The van der Waals surface area contributed by atoms with Gasteiger partial charge < -0.3 is 9.73 Å². The van der Waals surface area contributed by atoms with Crippen LogP contribution in [0.5, 0.6) is 0 Å². The van der Waals surface area contributed by atoms with Gasteiger partial charge in [-0.3, -0.25) is 19.9 Å². The lowest BCUT2D eigenvalue weighted by Gasteiger charge is -2.08. The monoisotopic (exact) mass is 417 g/mol. The maximum Gasteiger partial charge on any atom is 0.271 e. The Labute approximate surface area is 177 Å². The number of nitrogens with zero attached hydrogens (tertiary/aromatic N) is 4. The lowest BCUT2D eigenvalue weighted by Crippen LogP contribution is -2.28. The molecule has 4 rings (SSSR count). The van der Waals surface area contributed by atoms with E-state index in [1.54, 1.807) is 36.5 Å². The average Bonchev–Trinajstić information content (AvgIpc) is 3.41. The molecule has 1 N–H and O–H groups in total. The fourth-order valence-electron chi connectivity index (χ4n) is 3.11. The molecule has 9 heteroatoms. The van der Waals surface area contributed by atoms with Crippen molar-refractivity contribution in [2.45, 2.75) is 13.3 Å². The molecule has 3 heterocycles. The average molecular weight is 417 g/mol. The van der Waals surface area contributed by atoms with Gasteiger partial charge in [-0.1, -0.05) is 12.1 Å². The van der Waals surface area contributed by atoms with Crippen LogP contribution in [0.1, 0.15) is 21.9 Å². The third kappa shape index (κ3) is 4.50. The molecule has 0 aliphatic carbocycles. The molecule has 4 aromatic rings. The Bertz CT molecular complexity index is 1230. The summed E-state index contributed by atoms with van der Waals surface area (Å²) in [5.74, 6) is 0.856. The summed E-state index contributed by atoms with van der Waals surface area (Å²) in [7, 11) is 0. The molecule has 0 bridgehead atoms. The van der Waals surface area contributed by atoms with Gasteiger partial charge in [0.15, 0.2) is 5.76 Å². The molecule has 0 aliphatic rings. The van der Waals surface area contributed by atoms with E-state index in [4.69, 9.17) is 4.42 Å². The first-order valence-corrected chi connectivity index (χ1v) is 9.61. The predicted molar refractivity (Wildman–Crippen MR) is 113 cm³/mol. The maximum atomic E-state index is 12.9. The van der Waals surface area contributed by atoms with Crippen LogP contribution in [0.2, 0.25) is 0 Å². The van der Waals surface area contributed by atoms with Crippen molar-refractivity contribution in [3.05, 3.63) is 94.1 Å². The second-order valence-corrected chi connectivity index (χ2v) is 6.84. The van der Waals surface area contributed by atoms with Crippen LogP contribution in [0, 0.1) is 17.0 Å². The Hall–Kier alpha value is -4.27. The number of nitro benzene ring substituents is 1. The molecule has 1 amide bonds. The molecule has 31 heavy (non-hydrogen) atoms. The highest BCUT2D eigenvalue weighted by Gasteiger charge is 2.20. The third-order valence-electron chi connectivity index (χ3n) is 4.61. The molecule has 0 fully saturated rings. The summed E-state index contributed by atoms with van der Waals surface area (Å²) in [6, 6.07) is 16.7. The lowest BCUT2D eigenvalue weighted by atomic mass is 10.2. The second kappa shape index (κ2) is 8.62. The summed E-state index contributed by atoms with van der Waals surface area (Å²) < 4.78 is 7.02. The number of furan rings is 1. The Kier molecular flexibility index (Phi) is 5.57. The number of non-ortho nitro benzene ring substituents is 1. The first-order chi connectivity index (χ1) is 15.0. The van der Waals surface area contributed by atoms with E-state index in [2.05, 4.69) is 15.4 Å². The minimum absolute atomic E-state index is 0.0927.